The Balaban J connectivity index is 2.85. The molecule has 1 aromatic carbocycles. The number of benzene rings is 1. The lowest BCUT2D eigenvalue weighted by molar-refractivity contribution is -0.120. The largest absolute Gasteiger partial charge is 0.341 e. The lowest BCUT2D eigenvalue weighted by Crippen LogP contribution is -2.21. The van der Waals surface area contributed by atoms with Crippen LogP contribution in [0.4, 0.5) is 14.5 Å². The van der Waals surface area contributed by atoms with E-state index in [2.05, 4.69) is 5.32 Å². The zero-order valence-electron chi connectivity index (χ0n) is 11.3. The fourth-order valence-electron chi connectivity index (χ4n) is 1.73. The first kappa shape index (κ1) is 16.6. The Kier molecular flexibility index (Phi) is 5.62. The number of nitrogens with one attached hydrogen (secondary N) is 1. The smallest absolute Gasteiger partial charge is 0.326 e. The highest BCUT2D eigenvalue weighted by atomic mass is 32.2. The molecule has 0 aliphatic heterocycles. The monoisotopic (exact) mass is 305 g/mol. The highest BCUT2D eigenvalue weighted by Gasteiger charge is 2.26. The number of alkyl halides is 2. The van der Waals surface area contributed by atoms with E-state index in [9.17, 15) is 22.0 Å². The summed E-state index contributed by atoms with van der Waals surface area (Å²) in [7, 11) is -4.59. The fourth-order valence-corrected chi connectivity index (χ4v) is 2.46. The first-order valence-electron chi connectivity index (χ1n) is 6.25. The van der Waals surface area contributed by atoms with Gasteiger partial charge in [0.1, 0.15) is 0 Å². The summed E-state index contributed by atoms with van der Waals surface area (Å²) >= 11 is 0. The first-order valence-corrected chi connectivity index (χ1v) is 7.80. The highest BCUT2D eigenvalue weighted by molar-refractivity contribution is 7.91. The Hall–Kier alpha value is -1.50. The van der Waals surface area contributed by atoms with Crippen molar-refractivity contribution in [3.8, 4) is 0 Å². The Labute approximate surface area is 117 Å². The molecule has 0 spiro atoms. The molecule has 20 heavy (non-hydrogen) atoms. The van der Waals surface area contributed by atoms with Crippen molar-refractivity contribution in [3.05, 3.63) is 24.3 Å². The SMILES string of the molecule is CCC(CC)C(=O)Nc1ccc(S(=O)(=O)C(F)F)cc1. The Morgan fingerprint density at radius 2 is 1.65 bits per heavy atom. The molecule has 1 rings (SSSR count). The second-order valence-corrected chi connectivity index (χ2v) is 6.25. The minimum Gasteiger partial charge on any atom is -0.326 e. The van der Waals surface area contributed by atoms with E-state index in [1.165, 1.54) is 12.1 Å². The van der Waals surface area contributed by atoms with Crippen LogP contribution in [0.15, 0.2) is 29.2 Å². The van der Waals surface area contributed by atoms with E-state index in [0.717, 1.165) is 12.1 Å². The van der Waals surface area contributed by atoms with E-state index in [1.807, 2.05) is 13.8 Å². The molecule has 1 amide bonds. The number of hydrogen-bond acceptors (Lipinski definition) is 3. The average Bonchev–Trinajstić information content (AvgIpc) is 2.40. The van der Waals surface area contributed by atoms with Crippen molar-refractivity contribution in [2.45, 2.75) is 37.3 Å². The van der Waals surface area contributed by atoms with Crippen LogP contribution in [0.1, 0.15) is 26.7 Å². The number of anilines is 1. The quantitative estimate of drug-likeness (QED) is 0.878. The molecule has 1 aromatic rings. The van der Waals surface area contributed by atoms with E-state index in [4.69, 9.17) is 0 Å². The van der Waals surface area contributed by atoms with Crippen LogP contribution < -0.4 is 5.32 Å². The molecule has 112 valence electrons. The molecule has 7 heteroatoms. The molecule has 0 radical (unpaired) electrons. The molecule has 0 unspecified atom stereocenters. The predicted octanol–water partition coefficient (Wildman–Crippen LogP) is 3.06. The van der Waals surface area contributed by atoms with Gasteiger partial charge in [0.05, 0.1) is 4.90 Å². The molecule has 0 saturated heterocycles. The lowest BCUT2D eigenvalue weighted by atomic mass is 10.0. The van der Waals surface area contributed by atoms with Gasteiger partial charge >= 0.3 is 5.76 Å². The van der Waals surface area contributed by atoms with Gasteiger partial charge in [-0.2, -0.15) is 8.78 Å². The summed E-state index contributed by atoms with van der Waals surface area (Å²) in [5, 5.41) is 2.63. The van der Waals surface area contributed by atoms with Gasteiger partial charge in [-0.25, -0.2) is 8.42 Å². The van der Waals surface area contributed by atoms with Crippen LogP contribution in [-0.4, -0.2) is 20.1 Å². The number of amides is 1. The van der Waals surface area contributed by atoms with Crippen LogP contribution in [0.5, 0.6) is 0 Å². The van der Waals surface area contributed by atoms with Crippen LogP contribution in [-0.2, 0) is 14.6 Å². The second kappa shape index (κ2) is 6.78. The fraction of sp³-hybridized carbons (Fsp3) is 0.462. The zero-order chi connectivity index (χ0) is 15.3. The Morgan fingerprint density at radius 1 is 1.15 bits per heavy atom. The number of sulfone groups is 1. The molecule has 0 aliphatic rings. The summed E-state index contributed by atoms with van der Waals surface area (Å²) in [6.07, 6.45) is 1.39. The van der Waals surface area contributed by atoms with Crippen molar-refractivity contribution < 1.29 is 22.0 Å². The molecule has 0 heterocycles. The van der Waals surface area contributed by atoms with Crippen molar-refractivity contribution in [1.82, 2.24) is 0 Å². The van der Waals surface area contributed by atoms with Crippen LogP contribution in [0.25, 0.3) is 0 Å². The molecule has 1 N–H and O–H groups in total. The van der Waals surface area contributed by atoms with E-state index in [0.29, 0.717) is 18.5 Å². The summed E-state index contributed by atoms with van der Waals surface area (Å²) in [5.41, 5.74) is 0.384. The molecule has 4 nitrogen and oxygen atoms in total. The third kappa shape index (κ3) is 3.75. The first-order chi connectivity index (χ1) is 9.32. The van der Waals surface area contributed by atoms with Gasteiger partial charge in [0.15, 0.2) is 0 Å². The predicted molar refractivity (Wildman–Crippen MR) is 72.3 cm³/mol. The molecule has 0 fully saturated rings. The molecule has 0 aliphatic carbocycles. The summed E-state index contributed by atoms with van der Waals surface area (Å²) in [6, 6.07) is 4.72. The number of carbonyl (C=O) groups is 1. The van der Waals surface area contributed by atoms with Crippen LogP contribution in [0.3, 0.4) is 0 Å². The summed E-state index contributed by atoms with van der Waals surface area (Å²) < 4.78 is 47.2. The van der Waals surface area contributed by atoms with Gasteiger partial charge < -0.3 is 5.32 Å². The van der Waals surface area contributed by atoms with Crippen LogP contribution in [0.2, 0.25) is 0 Å². The number of hydrogen-bond donors (Lipinski definition) is 1. The van der Waals surface area contributed by atoms with Crippen molar-refractivity contribution >= 4 is 21.4 Å². The molecule has 0 bridgehead atoms. The minimum atomic E-state index is -4.59. The van der Waals surface area contributed by atoms with Crippen LogP contribution >= 0.6 is 0 Å². The maximum Gasteiger partial charge on any atom is 0.341 e. The topological polar surface area (TPSA) is 63.2 Å². The molecule has 0 aromatic heterocycles. The second-order valence-electron chi connectivity index (χ2n) is 4.33. The van der Waals surface area contributed by atoms with E-state index < -0.39 is 20.5 Å². The number of halogens is 2. The average molecular weight is 305 g/mol. The molecule has 0 saturated carbocycles. The van der Waals surface area contributed by atoms with Gasteiger partial charge in [-0.15, -0.1) is 0 Å². The van der Waals surface area contributed by atoms with E-state index >= 15 is 0 Å². The highest BCUT2D eigenvalue weighted by Crippen LogP contribution is 2.21. The maximum absolute atomic E-state index is 12.3. The Bertz CT molecular complexity index is 551. The third-order valence-electron chi connectivity index (χ3n) is 3.04. The van der Waals surface area contributed by atoms with Crippen molar-refractivity contribution in [2.75, 3.05) is 5.32 Å². The van der Waals surface area contributed by atoms with Gasteiger partial charge in [0.2, 0.25) is 15.7 Å². The standard InChI is InChI=1S/C13H17F2NO3S/c1-3-9(4-2)12(17)16-10-5-7-11(8-6-10)20(18,19)13(14)15/h5-9,13H,3-4H2,1-2H3,(H,16,17). The number of carbonyl (C=O) groups excluding carboxylic acids is 1. The van der Waals surface area contributed by atoms with Crippen molar-refractivity contribution in [2.24, 2.45) is 5.92 Å². The third-order valence-corrected chi connectivity index (χ3v) is 4.44. The van der Waals surface area contributed by atoms with Gasteiger partial charge in [-0.05, 0) is 37.1 Å². The molecular formula is C13H17F2NO3S. The lowest BCUT2D eigenvalue weighted by Gasteiger charge is -2.13. The number of rotatable bonds is 6. The van der Waals surface area contributed by atoms with Crippen molar-refractivity contribution in [3.63, 3.8) is 0 Å². The van der Waals surface area contributed by atoms with E-state index in [-0.39, 0.29) is 11.8 Å². The van der Waals surface area contributed by atoms with Crippen LogP contribution in [0, 0.1) is 5.92 Å². The summed E-state index contributed by atoms with van der Waals surface area (Å²) in [6.45, 7) is 3.79. The normalized spacial score (nSPS) is 11.9. The van der Waals surface area contributed by atoms with Gasteiger partial charge in [-0.1, -0.05) is 13.8 Å². The van der Waals surface area contributed by atoms with E-state index in [1.54, 1.807) is 0 Å². The zero-order valence-corrected chi connectivity index (χ0v) is 12.1. The Morgan fingerprint density at radius 3 is 2.05 bits per heavy atom. The van der Waals surface area contributed by atoms with Gasteiger partial charge in [0.25, 0.3) is 0 Å². The van der Waals surface area contributed by atoms with Gasteiger partial charge in [-0.3, -0.25) is 4.79 Å². The maximum atomic E-state index is 12.3. The molecule has 0 atom stereocenters. The van der Waals surface area contributed by atoms with Gasteiger partial charge in [0, 0.05) is 11.6 Å². The molecular weight excluding hydrogens is 288 g/mol. The van der Waals surface area contributed by atoms with Crippen molar-refractivity contribution in [1.29, 1.82) is 0 Å². The summed E-state index contributed by atoms with van der Waals surface area (Å²) in [4.78, 5) is 11.4. The summed E-state index contributed by atoms with van der Waals surface area (Å²) in [5.74, 6) is -3.74. The minimum absolute atomic E-state index is 0.125.